The molecule has 0 spiro atoms. The minimum absolute atomic E-state index is 0.167. The number of likely N-dealkylation sites (tertiary alicyclic amines) is 1. The number of piperazine rings is 1. The molecule has 0 aromatic heterocycles. The number of piperidine rings is 1. The summed E-state index contributed by atoms with van der Waals surface area (Å²) in [6.07, 6.45) is 6.23. The summed E-state index contributed by atoms with van der Waals surface area (Å²) in [5.74, 6) is 1.65. The molecule has 0 bridgehead atoms. The van der Waals surface area contributed by atoms with Crippen molar-refractivity contribution in [3.8, 4) is 0 Å². The molecular formula is C34H75N5O3. The molecule has 254 valence electrons. The number of carbonyl (C=O) groups excluding carboxylic acids is 1. The molecular weight excluding hydrogens is 526 g/mol. The summed E-state index contributed by atoms with van der Waals surface area (Å²) in [5.41, 5.74) is 0. The highest BCUT2D eigenvalue weighted by Crippen LogP contribution is 2.28. The van der Waals surface area contributed by atoms with Crippen molar-refractivity contribution in [2.45, 2.75) is 120 Å². The third-order valence-electron chi connectivity index (χ3n) is 7.75. The summed E-state index contributed by atoms with van der Waals surface area (Å²) in [7, 11) is 3.79. The van der Waals surface area contributed by atoms with Gasteiger partial charge < -0.3 is 25.0 Å². The lowest BCUT2D eigenvalue weighted by Gasteiger charge is -2.41. The van der Waals surface area contributed by atoms with Crippen LogP contribution in [0.15, 0.2) is 0 Å². The first-order valence-corrected chi connectivity index (χ1v) is 17.7. The zero-order valence-electron chi connectivity index (χ0n) is 30.3. The van der Waals surface area contributed by atoms with Crippen molar-refractivity contribution >= 4 is 5.91 Å². The molecule has 8 nitrogen and oxygen atoms in total. The van der Waals surface area contributed by atoms with Crippen LogP contribution in [0.4, 0.5) is 0 Å². The summed E-state index contributed by atoms with van der Waals surface area (Å²) in [6.45, 7) is 31.6. The number of amides is 1. The van der Waals surface area contributed by atoms with Crippen LogP contribution >= 0.6 is 0 Å². The van der Waals surface area contributed by atoms with Crippen molar-refractivity contribution in [3.63, 3.8) is 0 Å². The maximum Gasteiger partial charge on any atom is 0.234 e. The first-order chi connectivity index (χ1) is 20.4. The Morgan fingerprint density at radius 1 is 0.786 bits per heavy atom. The Balaban J connectivity index is 0. The second-order valence-corrected chi connectivity index (χ2v) is 11.1. The van der Waals surface area contributed by atoms with Crippen LogP contribution in [0.1, 0.15) is 101 Å². The molecule has 0 radical (unpaired) electrons. The Labute approximate surface area is 263 Å². The van der Waals surface area contributed by atoms with Gasteiger partial charge in [0.25, 0.3) is 0 Å². The molecule has 3 rings (SSSR count). The van der Waals surface area contributed by atoms with Crippen molar-refractivity contribution in [2.24, 2.45) is 11.8 Å². The molecule has 3 aliphatic rings. The van der Waals surface area contributed by atoms with Gasteiger partial charge in [-0.25, -0.2) is 0 Å². The Bertz CT molecular complexity index is 576. The fourth-order valence-corrected chi connectivity index (χ4v) is 5.80. The van der Waals surface area contributed by atoms with Gasteiger partial charge in [-0.05, 0) is 57.5 Å². The zero-order valence-corrected chi connectivity index (χ0v) is 30.3. The van der Waals surface area contributed by atoms with Gasteiger partial charge in [0, 0.05) is 65.5 Å². The van der Waals surface area contributed by atoms with Gasteiger partial charge in [0.15, 0.2) is 0 Å². The molecule has 2 heterocycles. The molecule has 8 heteroatoms. The van der Waals surface area contributed by atoms with E-state index >= 15 is 0 Å². The normalized spacial score (nSPS) is 22.7. The quantitative estimate of drug-likeness (QED) is 0.278. The SMILES string of the molecule is CC.CC.CC.CC.CNCC(C)CC(C)CN1CCC(OC2CC(NC(=O)CN3CCN(CCOC)CC3)C2)CC1. The van der Waals surface area contributed by atoms with E-state index < -0.39 is 0 Å². The van der Waals surface area contributed by atoms with E-state index in [2.05, 4.69) is 39.2 Å². The van der Waals surface area contributed by atoms with Crippen LogP contribution in [-0.4, -0.2) is 125 Å². The van der Waals surface area contributed by atoms with Gasteiger partial charge in [0.2, 0.25) is 5.91 Å². The van der Waals surface area contributed by atoms with Gasteiger partial charge >= 0.3 is 0 Å². The zero-order chi connectivity index (χ0) is 32.3. The number of ether oxygens (including phenoxy) is 2. The van der Waals surface area contributed by atoms with E-state index in [1.165, 1.54) is 13.0 Å². The van der Waals surface area contributed by atoms with Crippen molar-refractivity contribution in [1.82, 2.24) is 25.3 Å². The fourth-order valence-electron chi connectivity index (χ4n) is 5.80. The van der Waals surface area contributed by atoms with Crippen LogP contribution in [0.2, 0.25) is 0 Å². The van der Waals surface area contributed by atoms with Crippen molar-refractivity contribution in [3.05, 3.63) is 0 Å². The molecule has 2 aliphatic heterocycles. The summed E-state index contributed by atoms with van der Waals surface area (Å²) < 4.78 is 11.5. The van der Waals surface area contributed by atoms with Gasteiger partial charge in [-0.3, -0.25) is 14.6 Å². The lowest BCUT2D eigenvalue weighted by Crippen LogP contribution is -2.54. The van der Waals surface area contributed by atoms with Crippen LogP contribution in [0.5, 0.6) is 0 Å². The third-order valence-corrected chi connectivity index (χ3v) is 7.75. The molecule has 2 atom stereocenters. The van der Waals surface area contributed by atoms with Gasteiger partial charge in [-0.1, -0.05) is 69.2 Å². The molecule has 1 amide bonds. The monoisotopic (exact) mass is 602 g/mol. The lowest BCUT2D eigenvalue weighted by atomic mass is 9.88. The van der Waals surface area contributed by atoms with Crippen LogP contribution in [0, 0.1) is 11.8 Å². The summed E-state index contributed by atoms with van der Waals surface area (Å²) in [6, 6.07) is 0.293. The highest BCUT2D eigenvalue weighted by Gasteiger charge is 2.34. The Morgan fingerprint density at radius 3 is 1.86 bits per heavy atom. The smallest absolute Gasteiger partial charge is 0.234 e. The number of rotatable bonds is 14. The standard InChI is InChI=1S/C26H51N5O3.4C2H6/c1-21(18-27-3)15-22(2)19-30-7-5-24(6-8-30)34-25-16-23(17-25)28-26(32)20-31-11-9-29(10-12-31)13-14-33-4;4*1-2/h21-25,27H,5-20H2,1-4H3,(H,28,32);4*1-2H3. The molecule has 1 aliphatic carbocycles. The average Bonchev–Trinajstić information content (AvgIpc) is 3.00. The predicted octanol–water partition coefficient (Wildman–Crippen LogP) is 5.37. The van der Waals surface area contributed by atoms with E-state index in [1.807, 2.05) is 62.4 Å². The largest absolute Gasteiger partial charge is 0.383 e. The number of carbonyl (C=O) groups is 1. The van der Waals surface area contributed by atoms with E-state index in [1.54, 1.807) is 7.11 Å². The number of hydrogen-bond donors (Lipinski definition) is 2. The maximum atomic E-state index is 12.5. The maximum absolute atomic E-state index is 12.5. The Morgan fingerprint density at radius 2 is 1.33 bits per heavy atom. The van der Waals surface area contributed by atoms with Gasteiger partial charge in [-0.15, -0.1) is 0 Å². The van der Waals surface area contributed by atoms with Gasteiger partial charge in [0.1, 0.15) is 0 Å². The molecule has 2 saturated heterocycles. The summed E-state index contributed by atoms with van der Waals surface area (Å²) in [4.78, 5) is 19.7. The van der Waals surface area contributed by atoms with E-state index in [-0.39, 0.29) is 5.91 Å². The molecule has 2 unspecified atom stereocenters. The first-order valence-electron chi connectivity index (χ1n) is 17.7. The summed E-state index contributed by atoms with van der Waals surface area (Å²) >= 11 is 0. The van der Waals surface area contributed by atoms with Crippen LogP contribution < -0.4 is 10.6 Å². The van der Waals surface area contributed by atoms with Crippen LogP contribution in [0.25, 0.3) is 0 Å². The van der Waals surface area contributed by atoms with E-state index in [0.717, 1.165) is 96.5 Å². The minimum atomic E-state index is 0.167. The highest BCUT2D eigenvalue weighted by atomic mass is 16.5. The lowest BCUT2D eigenvalue weighted by molar-refractivity contribution is -0.127. The molecule has 0 aromatic rings. The Kier molecular flexibility index (Phi) is 29.9. The Hall–Kier alpha value is -0.770. The van der Waals surface area contributed by atoms with Crippen molar-refractivity contribution in [1.29, 1.82) is 0 Å². The van der Waals surface area contributed by atoms with Gasteiger partial charge in [-0.2, -0.15) is 0 Å². The second-order valence-electron chi connectivity index (χ2n) is 11.1. The topological polar surface area (TPSA) is 69.3 Å². The van der Waals surface area contributed by atoms with Gasteiger partial charge in [0.05, 0.1) is 25.4 Å². The third kappa shape index (κ3) is 19.5. The molecule has 42 heavy (non-hydrogen) atoms. The summed E-state index contributed by atoms with van der Waals surface area (Å²) in [5, 5.41) is 6.51. The average molecular weight is 602 g/mol. The van der Waals surface area contributed by atoms with Crippen LogP contribution in [-0.2, 0) is 14.3 Å². The fraction of sp³-hybridized carbons (Fsp3) is 0.971. The highest BCUT2D eigenvalue weighted by molar-refractivity contribution is 5.78. The molecule has 1 saturated carbocycles. The number of hydrogen-bond acceptors (Lipinski definition) is 7. The van der Waals surface area contributed by atoms with Crippen LogP contribution in [0.3, 0.4) is 0 Å². The predicted molar refractivity (Wildman–Crippen MR) is 183 cm³/mol. The number of nitrogens with one attached hydrogen (secondary N) is 2. The minimum Gasteiger partial charge on any atom is -0.383 e. The van der Waals surface area contributed by atoms with E-state index in [4.69, 9.17) is 9.47 Å². The first kappa shape index (κ1) is 43.4. The van der Waals surface area contributed by atoms with E-state index in [9.17, 15) is 4.79 Å². The van der Waals surface area contributed by atoms with Crippen molar-refractivity contribution < 1.29 is 14.3 Å². The molecule has 3 fully saturated rings. The van der Waals surface area contributed by atoms with E-state index in [0.29, 0.717) is 24.8 Å². The van der Waals surface area contributed by atoms with Crippen molar-refractivity contribution in [2.75, 3.05) is 86.2 Å². The number of nitrogens with zero attached hydrogens (tertiary/aromatic N) is 3. The molecule has 0 aromatic carbocycles. The second kappa shape index (κ2) is 29.0. The molecule has 2 N–H and O–H groups in total. The number of methoxy groups -OCH3 is 1.